The van der Waals surface area contributed by atoms with E-state index in [1.807, 2.05) is 0 Å². The Balaban J connectivity index is 1.62. The zero-order valence-electron chi connectivity index (χ0n) is 48.4. The van der Waals surface area contributed by atoms with Crippen LogP contribution in [-0.4, -0.2) is 160 Å². The van der Waals surface area contributed by atoms with E-state index in [4.69, 9.17) is 28.8 Å². The molecule has 0 aliphatic carbocycles. The van der Waals surface area contributed by atoms with Crippen LogP contribution in [-0.2, 0) is 73.6 Å². The third-order valence-electron chi connectivity index (χ3n) is 13.9. The summed E-state index contributed by atoms with van der Waals surface area (Å²) in [5, 5.41) is 55.5. The lowest BCUT2D eigenvalue weighted by molar-refractivity contribution is -0.136. The van der Waals surface area contributed by atoms with Gasteiger partial charge in [-0.25, -0.2) is 0 Å². The summed E-state index contributed by atoms with van der Waals surface area (Å²) >= 11 is 6.15. The van der Waals surface area contributed by atoms with Crippen LogP contribution >= 0.6 is 33.2 Å². The number of phenolic OH excluding ortho intramolecular Hbond substituents is 2. The summed E-state index contributed by atoms with van der Waals surface area (Å²) in [6, 6.07) is 11.5. The summed E-state index contributed by atoms with van der Waals surface area (Å²) in [6.07, 6.45) is -2.17. The number of amides is 11. The van der Waals surface area contributed by atoms with E-state index in [-0.39, 0.29) is 73.5 Å². The highest BCUT2D eigenvalue weighted by molar-refractivity contribution is 8.76. The predicted molar refractivity (Wildman–Crippen MR) is 330 cm³/mol. The van der Waals surface area contributed by atoms with Gasteiger partial charge in [0.15, 0.2) is 0 Å². The number of primary amides is 3. The number of aromatic hydroxyl groups is 2. The predicted octanol–water partition coefficient (Wildman–Crippen LogP) is -0.694. The number of unbranched alkanes of at least 4 members (excludes halogenated alkanes) is 1. The summed E-state index contributed by atoms with van der Waals surface area (Å²) < 4.78 is 0. The molecule has 1 aliphatic heterocycles. The Morgan fingerprint density at radius 2 is 1.16 bits per heavy atom. The minimum absolute atomic E-state index is 0.00364. The second-order valence-electron chi connectivity index (χ2n) is 20.9. The van der Waals surface area contributed by atoms with Crippen molar-refractivity contribution in [2.75, 3.05) is 25.1 Å². The Morgan fingerprint density at radius 3 is 1.72 bits per heavy atom. The standard InChI is InChI=1S/C59H75ClN12O14S2/c1-32(73)50-59(86)71-47(57(84)66-41(52(63)79)23-14-33-10-19-39(74)20-11-33)31-88-87-30-46(70-54(81)43(65-49(77)25-24-48(61)76)27-35-8-17-38(60)18-9-35)58(85)69-45(29-36-12-21-40(75)22-13-36)56(83)68-44(28-34-6-15-37(16-7-34)51(62)78)55(82)67-42(53(80)72-50)5-3-4-26-64-2/h6-13,15-22,32,41-47,50,64,73-75H,3-5,14,23-31H2,1-2H3,(H2,61,76)(H2,62,78)(H2,63,79)(H,65,77)(H,66,84)(H,67,82)(H,68,83)(H,69,85)(H,70,81)(H,71,86)(H,72,80)/t32-,41-,42+,43+,44-,45+,46-,47+,50+/m1/s1. The van der Waals surface area contributed by atoms with Crippen molar-refractivity contribution in [1.82, 2.24) is 47.9 Å². The zero-order valence-corrected chi connectivity index (χ0v) is 50.8. The average molecular weight is 1280 g/mol. The Kier molecular flexibility index (Phi) is 28.3. The van der Waals surface area contributed by atoms with Crippen LogP contribution in [0.3, 0.4) is 0 Å². The van der Waals surface area contributed by atoms with Crippen LogP contribution in [0.25, 0.3) is 0 Å². The third-order valence-corrected chi connectivity index (χ3v) is 16.6. The van der Waals surface area contributed by atoms with Crippen molar-refractivity contribution in [1.29, 1.82) is 0 Å². The first kappa shape index (κ1) is 70.3. The normalized spacial score (nSPS) is 20.0. The molecular formula is C59H75ClN12O14S2. The quantitative estimate of drug-likeness (QED) is 0.0288. The number of halogens is 1. The van der Waals surface area contributed by atoms with Crippen LogP contribution in [0.1, 0.15) is 78.1 Å². The number of aryl methyl sites for hydroxylation is 1. The van der Waals surface area contributed by atoms with E-state index in [1.165, 1.54) is 67.6 Å². The molecule has 0 radical (unpaired) electrons. The first-order chi connectivity index (χ1) is 41.9. The number of nitrogens with two attached hydrogens (primary N) is 3. The van der Waals surface area contributed by atoms with Gasteiger partial charge in [-0.05, 0) is 123 Å². The molecule has 4 aromatic rings. The first-order valence-corrected chi connectivity index (χ1v) is 31.0. The summed E-state index contributed by atoms with van der Waals surface area (Å²) in [5.41, 5.74) is 18.7. The van der Waals surface area contributed by atoms with E-state index in [0.717, 1.165) is 21.6 Å². The summed E-state index contributed by atoms with van der Waals surface area (Å²) in [7, 11) is 3.51. The highest BCUT2D eigenvalue weighted by Crippen LogP contribution is 2.25. The number of nitrogens with one attached hydrogen (secondary N) is 9. The molecule has 88 heavy (non-hydrogen) atoms. The maximum Gasteiger partial charge on any atom is 0.248 e. The fraction of sp³-hybridized carbons (Fsp3) is 0.407. The molecule has 1 aliphatic rings. The van der Waals surface area contributed by atoms with Crippen molar-refractivity contribution >= 4 is 98.2 Å². The van der Waals surface area contributed by atoms with Crippen LogP contribution in [0.4, 0.5) is 0 Å². The van der Waals surface area contributed by atoms with Crippen molar-refractivity contribution in [3.05, 3.63) is 130 Å². The lowest BCUT2D eigenvalue weighted by atomic mass is 10.00. The largest absolute Gasteiger partial charge is 0.508 e. The van der Waals surface area contributed by atoms with Gasteiger partial charge in [0, 0.05) is 54.2 Å². The summed E-state index contributed by atoms with van der Waals surface area (Å²) in [5.74, 6) is -10.8. The van der Waals surface area contributed by atoms with Gasteiger partial charge in [-0.1, -0.05) is 81.7 Å². The lowest BCUT2D eigenvalue weighted by Gasteiger charge is -2.29. The molecular weight excluding hydrogens is 1200 g/mol. The van der Waals surface area contributed by atoms with Crippen molar-refractivity contribution < 1.29 is 68.1 Å². The Hall–Kier alpha value is -8.44. The van der Waals surface area contributed by atoms with Gasteiger partial charge >= 0.3 is 0 Å². The van der Waals surface area contributed by atoms with Crippen molar-refractivity contribution in [3.63, 3.8) is 0 Å². The molecule has 0 aromatic heterocycles. The summed E-state index contributed by atoms with van der Waals surface area (Å²) in [4.78, 5) is 152. The second-order valence-corrected chi connectivity index (χ2v) is 23.9. The highest BCUT2D eigenvalue weighted by Gasteiger charge is 2.37. The van der Waals surface area contributed by atoms with Crippen LogP contribution in [0, 0.1) is 0 Å². The van der Waals surface area contributed by atoms with Gasteiger partial charge in [0.1, 0.15) is 59.8 Å². The molecule has 0 saturated carbocycles. The van der Waals surface area contributed by atoms with Crippen LogP contribution in [0.5, 0.6) is 11.5 Å². The van der Waals surface area contributed by atoms with Gasteiger partial charge in [0.25, 0.3) is 0 Å². The molecule has 1 saturated heterocycles. The van der Waals surface area contributed by atoms with Crippen molar-refractivity contribution in [3.8, 4) is 11.5 Å². The molecule has 1 heterocycles. The molecule has 4 aromatic carbocycles. The fourth-order valence-electron chi connectivity index (χ4n) is 8.95. The van der Waals surface area contributed by atoms with Gasteiger partial charge in [-0.2, -0.15) is 0 Å². The minimum Gasteiger partial charge on any atom is -0.508 e. The van der Waals surface area contributed by atoms with Gasteiger partial charge in [0.2, 0.25) is 65.0 Å². The third kappa shape index (κ3) is 23.7. The van der Waals surface area contributed by atoms with Crippen LogP contribution < -0.4 is 65.1 Å². The van der Waals surface area contributed by atoms with Gasteiger partial charge < -0.3 is 80.4 Å². The highest BCUT2D eigenvalue weighted by atomic mass is 35.5. The number of aliphatic hydroxyl groups excluding tert-OH is 1. The van der Waals surface area contributed by atoms with E-state index in [1.54, 1.807) is 43.4 Å². The number of phenols is 2. The van der Waals surface area contributed by atoms with E-state index >= 15 is 0 Å². The zero-order chi connectivity index (χ0) is 64.5. The Labute approximate surface area is 520 Å². The summed E-state index contributed by atoms with van der Waals surface area (Å²) in [6.45, 7) is 1.71. The molecule has 0 unspecified atom stereocenters. The second kappa shape index (κ2) is 35.4. The number of rotatable bonds is 25. The number of hydrogen-bond acceptors (Lipinski definition) is 17. The minimum atomic E-state index is -1.79. The molecule has 26 nitrogen and oxygen atoms in total. The Morgan fingerprint density at radius 1 is 0.625 bits per heavy atom. The van der Waals surface area contributed by atoms with Gasteiger partial charge in [0.05, 0.1) is 6.10 Å². The molecule has 11 amide bonds. The monoisotopic (exact) mass is 1270 g/mol. The van der Waals surface area contributed by atoms with E-state index in [0.29, 0.717) is 46.7 Å². The average Bonchev–Trinajstić information content (AvgIpc) is 3.51. The SMILES string of the molecule is CNCCCC[C@@H]1NC(=O)[C@@H](Cc2ccc(C(N)=O)cc2)NC(=O)[C@H](Cc2ccc(O)cc2)NC(=O)[C@H](NC(=O)[C@H](Cc2ccc(Cl)cc2)NC(=O)CCC(N)=O)CSSC[C@@H](C(=O)N[C@H](CCc2ccc(O)cc2)C(N)=O)NC(=O)[C@H]([C@@H](C)O)NC1=O. The van der Waals surface area contributed by atoms with Crippen LogP contribution in [0.2, 0.25) is 5.02 Å². The number of carbonyl (C=O) groups excluding carboxylic acids is 11. The number of benzene rings is 4. The van der Waals surface area contributed by atoms with Crippen LogP contribution in [0.15, 0.2) is 97.1 Å². The molecule has 0 spiro atoms. The lowest BCUT2D eigenvalue weighted by Crippen LogP contribution is -2.62. The van der Waals surface area contributed by atoms with Crippen molar-refractivity contribution in [2.45, 2.75) is 126 Å². The molecule has 474 valence electrons. The van der Waals surface area contributed by atoms with Gasteiger partial charge in [-0.15, -0.1) is 0 Å². The van der Waals surface area contributed by atoms with E-state index in [2.05, 4.69) is 47.9 Å². The molecule has 1 fully saturated rings. The number of hydrogen-bond donors (Lipinski definition) is 15. The van der Waals surface area contributed by atoms with Gasteiger partial charge in [-0.3, -0.25) is 52.7 Å². The maximum atomic E-state index is 15.0. The molecule has 0 bridgehead atoms. The molecule has 9 atom stereocenters. The van der Waals surface area contributed by atoms with Crippen molar-refractivity contribution in [2.24, 2.45) is 17.2 Å². The molecule has 5 rings (SSSR count). The number of carbonyl (C=O) groups is 11. The maximum absolute atomic E-state index is 15.0. The molecule has 18 N–H and O–H groups in total. The Bertz CT molecular complexity index is 3070. The smallest absolute Gasteiger partial charge is 0.248 e. The first-order valence-electron chi connectivity index (χ1n) is 28.1. The van der Waals surface area contributed by atoms with E-state index < -0.39 is 126 Å². The molecule has 29 heteroatoms. The topological polar surface area (TPSA) is 435 Å². The number of aliphatic hydroxyl groups is 1. The van der Waals surface area contributed by atoms with E-state index in [9.17, 15) is 68.1 Å². The fourth-order valence-corrected chi connectivity index (χ4v) is 11.4.